The zero-order chi connectivity index (χ0) is 21.7. The average molecular weight is 442 g/mol. The zero-order valence-electron chi connectivity index (χ0n) is 15.9. The van der Waals surface area contributed by atoms with Crippen molar-refractivity contribution in [1.82, 2.24) is 0 Å². The van der Waals surface area contributed by atoms with Gasteiger partial charge in [0.2, 0.25) is 0 Å². The monoisotopic (exact) mass is 441 g/mol. The van der Waals surface area contributed by atoms with Crippen LogP contribution in [0.1, 0.15) is 26.3 Å². The molecular formula is C23H17Cl2NO4. The Hall–Kier alpha value is -3.28. The summed E-state index contributed by atoms with van der Waals surface area (Å²) in [6, 6.07) is 16.1. The SMILES string of the molecule is COc1cc(/C=C/C(=O)c2cccc(NC(=O)c3c(Cl)cccc3Cl)c2)ccc1O. The summed E-state index contributed by atoms with van der Waals surface area (Å²) in [5.74, 6) is -0.397. The Bertz CT molecular complexity index is 1120. The molecule has 0 saturated heterocycles. The van der Waals surface area contributed by atoms with Crippen LogP contribution in [0.4, 0.5) is 5.69 Å². The van der Waals surface area contributed by atoms with Crippen molar-refractivity contribution in [3.63, 3.8) is 0 Å². The molecular weight excluding hydrogens is 425 g/mol. The van der Waals surface area contributed by atoms with Crippen LogP contribution in [0.3, 0.4) is 0 Å². The number of methoxy groups -OCH3 is 1. The minimum Gasteiger partial charge on any atom is -0.504 e. The van der Waals surface area contributed by atoms with Crippen LogP contribution >= 0.6 is 23.2 Å². The van der Waals surface area contributed by atoms with E-state index >= 15 is 0 Å². The lowest BCUT2D eigenvalue weighted by molar-refractivity contribution is 0.102. The molecule has 2 N–H and O–H groups in total. The molecule has 5 nitrogen and oxygen atoms in total. The molecule has 0 aromatic heterocycles. The van der Waals surface area contributed by atoms with Crippen LogP contribution in [-0.4, -0.2) is 23.9 Å². The number of ketones is 1. The molecule has 0 aliphatic carbocycles. The van der Waals surface area contributed by atoms with Crippen molar-refractivity contribution < 1.29 is 19.4 Å². The molecule has 0 saturated carbocycles. The third-order valence-electron chi connectivity index (χ3n) is 4.23. The first-order valence-corrected chi connectivity index (χ1v) is 9.59. The van der Waals surface area contributed by atoms with Crippen molar-refractivity contribution in [1.29, 1.82) is 0 Å². The average Bonchev–Trinajstić information content (AvgIpc) is 2.73. The minimum absolute atomic E-state index is 0.0167. The van der Waals surface area contributed by atoms with Gasteiger partial charge in [0.15, 0.2) is 17.3 Å². The Morgan fingerprint density at radius 2 is 1.70 bits per heavy atom. The van der Waals surface area contributed by atoms with Gasteiger partial charge in [0.1, 0.15) is 0 Å². The van der Waals surface area contributed by atoms with Gasteiger partial charge in [0.05, 0.1) is 22.7 Å². The number of phenols is 1. The van der Waals surface area contributed by atoms with Crippen molar-refractivity contribution in [2.45, 2.75) is 0 Å². The number of anilines is 1. The minimum atomic E-state index is -0.470. The summed E-state index contributed by atoms with van der Waals surface area (Å²) in [7, 11) is 1.45. The van der Waals surface area contributed by atoms with Crippen molar-refractivity contribution >= 4 is 46.7 Å². The third-order valence-corrected chi connectivity index (χ3v) is 4.86. The van der Waals surface area contributed by atoms with E-state index < -0.39 is 5.91 Å². The van der Waals surface area contributed by atoms with Gasteiger partial charge in [-0.05, 0) is 48.0 Å². The molecule has 3 aromatic carbocycles. The lowest BCUT2D eigenvalue weighted by atomic mass is 10.1. The molecule has 0 fully saturated rings. The number of allylic oxidation sites excluding steroid dienone is 1. The van der Waals surface area contributed by atoms with Crippen LogP contribution in [-0.2, 0) is 0 Å². The van der Waals surface area contributed by atoms with E-state index in [0.717, 1.165) is 0 Å². The lowest BCUT2D eigenvalue weighted by Gasteiger charge is -2.09. The fourth-order valence-electron chi connectivity index (χ4n) is 2.72. The number of nitrogens with one attached hydrogen (secondary N) is 1. The van der Waals surface area contributed by atoms with Crippen LogP contribution in [0.15, 0.2) is 66.7 Å². The van der Waals surface area contributed by atoms with Crippen LogP contribution in [0.25, 0.3) is 6.08 Å². The van der Waals surface area contributed by atoms with E-state index in [1.54, 1.807) is 60.7 Å². The molecule has 7 heteroatoms. The van der Waals surface area contributed by atoms with Crippen molar-refractivity contribution in [2.75, 3.05) is 12.4 Å². The van der Waals surface area contributed by atoms with E-state index in [-0.39, 0.29) is 27.1 Å². The summed E-state index contributed by atoms with van der Waals surface area (Å²) in [6.07, 6.45) is 3.01. The molecule has 0 radical (unpaired) electrons. The summed E-state index contributed by atoms with van der Waals surface area (Å²) >= 11 is 12.1. The first-order valence-electron chi connectivity index (χ1n) is 8.84. The number of rotatable bonds is 6. The Morgan fingerprint density at radius 1 is 1.00 bits per heavy atom. The number of phenolic OH excluding ortho intramolecular Hbond substituents is 1. The molecule has 152 valence electrons. The number of carbonyl (C=O) groups is 2. The van der Waals surface area contributed by atoms with Crippen LogP contribution in [0.2, 0.25) is 10.0 Å². The Labute approximate surface area is 183 Å². The van der Waals surface area contributed by atoms with Crippen molar-refractivity contribution in [3.05, 3.63) is 93.5 Å². The van der Waals surface area contributed by atoms with Crippen LogP contribution in [0, 0.1) is 0 Å². The normalized spacial score (nSPS) is 10.8. The predicted octanol–water partition coefficient (Wildman–Crippen LogP) is 5.86. The largest absolute Gasteiger partial charge is 0.504 e. The second-order valence-corrected chi connectivity index (χ2v) is 7.07. The van der Waals surface area contributed by atoms with Gasteiger partial charge in [-0.25, -0.2) is 0 Å². The highest BCUT2D eigenvalue weighted by molar-refractivity contribution is 6.40. The molecule has 0 spiro atoms. The summed E-state index contributed by atoms with van der Waals surface area (Å²) in [5.41, 5.74) is 1.68. The molecule has 0 unspecified atom stereocenters. The maximum Gasteiger partial charge on any atom is 0.258 e. The number of halogens is 2. The van der Waals surface area contributed by atoms with Crippen molar-refractivity contribution in [3.8, 4) is 11.5 Å². The van der Waals surface area contributed by atoms with Gasteiger partial charge >= 0.3 is 0 Å². The molecule has 1 amide bonds. The Morgan fingerprint density at radius 3 is 2.40 bits per heavy atom. The second-order valence-electron chi connectivity index (χ2n) is 6.26. The fourth-order valence-corrected chi connectivity index (χ4v) is 3.29. The molecule has 0 atom stereocenters. The molecule has 3 rings (SSSR count). The molecule has 0 aliphatic heterocycles. The summed E-state index contributed by atoms with van der Waals surface area (Å²) < 4.78 is 5.06. The standard InChI is InChI=1S/C23H17Cl2NO4/c1-30-21-12-14(9-11-20(21)28)8-10-19(27)15-4-2-5-16(13-15)26-23(29)22-17(24)6-3-7-18(22)25/h2-13,28H,1H3,(H,26,29)/b10-8+. The predicted molar refractivity (Wildman–Crippen MR) is 119 cm³/mol. The topological polar surface area (TPSA) is 75.6 Å². The first kappa shape index (κ1) is 21.4. The quantitative estimate of drug-likeness (QED) is 0.371. The van der Waals surface area contributed by atoms with E-state index in [9.17, 15) is 14.7 Å². The van der Waals surface area contributed by atoms with Crippen LogP contribution < -0.4 is 10.1 Å². The number of hydrogen-bond donors (Lipinski definition) is 2. The summed E-state index contributed by atoms with van der Waals surface area (Å²) in [6.45, 7) is 0. The highest BCUT2D eigenvalue weighted by atomic mass is 35.5. The molecule has 30 heavy (non-hydrogen) atoms. The highest BCUT2D eigenvalue weighted by Gasteiger charge is 2.15. The van der Waals surface area contributed by atoms with E-state index in [1.165, 1.54) is 19.3 Å². The maximum absolute atomic E-state index is 12.5. The smallest absolute Gasteiger partial charge is 0.258 e. The third kappa shape index (κ3) is 5.00. The molecule has 0 heterocycles. The van der Waals surface area contributed by atoms with Gasteiger partial charge in [-0.1, -0.05) is 53.5 Å². The summed E-state index contributed by atoms with van der Waals surface area (Å²) in [5, 5.41) is 12.8. The van der Waals surface area contributed by atoms with E-state index in [1.807, 2.05) is 0 Å². The molecule has 3 aromatic rings. The number of aromatic hydroxyl groups is 1. The Balaban J connectivity index is 1.76. The lowest BCUT2D eigenvalue weighted by Crippen LogP contribution is -2.13. The van der Waals surface area contributed by atoms with Gasteiger partial charge < -0.3 is 15.2 Å². The number of amides is 1. The van der Waals surface area contributed by atoms with Gasteiger partial charge in [0.25, 0.3) is 5.91 Å². The van der Waals surface area contributed by atoms with Gasteiger partial charge in [-0.3, -0.25) is 9.59 Å². The van der Waals surface area contributed by atoms with Gasteiger partial charge in [0, 0.05) is 11.3 Å². The number of ether oxygens (including phenoxy) is 1. The highest BCUT2D eigenvalue weighted by Crippen LogP contribution is 2.27. The molecule has 0 bridgehead atoms. The second kappa shape index (κ2) is 9.48. The van der Waals surface area contributed by atoms with E-state index in [0.29, 0.717) is 22.6 Å². The number of hydrogen-bond acceptors (Lipinski definition) is 4. The van der Waals surface area contributed by atoms with E-state index in [4.69, 9.17) is 27.9 Å². The molecule has 0 aliphatic rings. The fraction of sp³-hybridized carbons (Fsp3) is 0.0435. The van der Waals surface area contributed by atoms with E-state index in [2.05, 4.69) is 5.32 Å². The zero-order valence-corrected chi connectivity index (χ0v) is 17.4. The van der Waals surface area contributed by atoms with Crippen molar-refractivity contribution in [2.24, 2.45) is 0 Å². The number of carbonyl (C=O) groups excluding carboxylic acids is 2. The Kier molecular flexibility index (Phi) is 6.77. The first-order chi connectivity index (χ1) is 14.4. The summed E-state index contributed by atoms with van der Waals surface area (Å²) in [4.78, 5) is 25.1. The van der Waals surface area contributed by atoms with Crippen LogP contribution in [0.5, 0.6) is 11.5 Å². The van der Waals surface area contributed by atoms with Gasteiger partial charge in [-0.15, -0.1) is 0 Å². The number of benzene rings is 3. The maximum atomic E-state index is 12.5. The van der Waals surface area contributed by atoms with Gasteiger partial charge in [-0.2, -0.15) is 0 Å².